The van der Waals surface area contributed by atoms with E-state index in [1.165, 1.54) is 7.05 Å². The molecule has 0 atom stereocenters. The van der Waals surface area contributed by atoms with Gasteiger partial charge in [-0.3, -0.25) is 0 Å². The van der Waals surface area contributed by atoms with Crippen molar-refractivity contribution in [1.29, 1.82) is 5.26 Å². The van der Waals surface area contributed by atoms with Crippen LogP contribution >= 0.6 is 0 Å². The van der Waals surface area contributed by atoms with Gasteiger partial charge in [0.2, 0.25) is 0 Å². The highest BCUT2D eigenvalue weighted by atomic mass is 32.2. The number of methoxy groups -OCH3 is 1. The Kier molecular flexibility index (Phi) is 4.90. The number of hydrogen-bond donors (Lipinski definition) is 1. The lowest BCUT2D eigenvalue weighted by atomic mass is 10.5. The first-order valence-corrected chi connectivity index (χ1v) is 5.07. The Hall–Kier alpha value is -1.33. The molecule has 8 heteroatoms. The molecule has 0 aliphatic rings. The van der Waals surface area contributed by atoms with E-state index >= 15 is 0 Å². The summed E-state index contributed by atoms with van der Waals surface area (Å²) < 4.78 is 29.0. The quantitative estimate of drug-likeness (QED) is 0.685. The molecule has 1 N–H and O–H groups in total. The van der Waals surface area contributed by atoms with Crippen molar-refractivity contribution in [1.82, 2.24) is 9.03 Å². The third-order valence-electron chi connectivity index (χ3n) is 1.35. The fourth-order valence-electron chi connectivity index (χ4n) is 0.553. The Balaban J connectivity index is 4.33. The summed E-state index contributed by atoms with van der Waals surface area (Å²) in [5, 5.41) is 8.23. The zero-order valence-corrected chi connectivity index (χ0v) is 8.67. The Morgan fingerprint density at radius 1 is 1.64 bits per heavy atom. The van der Waals surface area contributed by atoms with E-state index in [0.29, 0.717) is 0 Å². The van der Waals surface area contributed by atoms with E-state index in [-0.39, 0.29) is 13.0 Å². The smallest absolute Gasteiger partial charge is 0.421 e. The number of ether oxygens (including phenoxy) is 1. The van der Waals surface area contributed by atoms with Crippen molar-refractivity contribution < 1.29 is 17.9 Å². The number of carbonyl (C=O) groups is 1. The zero-order valence-electron chi connectivity index (χ0n) is 7.85. The van der Waals surface area contributed by atoms with E-state index in [4.69, 9.17) is 5.26 Å². The molecule has 0 radical (unpaired) electrons. The number of nitriles is 1. The Morgan fingerprint density at radius 2 is 2.21 bits per heavy atom. The van der Waals surface area contributed by atoms with E-state index in [1.54, 1.807) is 10.8 Å². The highest BCUT2D eigenvalue weighted by molar-refractivity contribution is 7.87. The average Bonchev–Trinajstić information content (AvgIpc) is 2.13. The van der Waals surface area contributed by atoms with Crippen LogP contribution in [0.3, 0.4) is 0 Å². The first kappa shape index (κ1) is 12.7. The predicted octanol–water partition coefficient (Wildman–Crippen LogP) is -0.567. The molecule has 14 heavy (non-hydrogen) atoms. The van der Waals surface area contributed by atoms with Gasteiger partial charge in [-0.2, -0.15) is 18.0 Å². The zero-order chi connectivity index (χ0) is 11.2. The first-order chi connectivity index (χ1) is 6.44. The van der Waals surface area contributed by atoms with Crippen molar-refractivity contribution in [3.05, 3.63) is 0 Å². The minimum atomic E-state index is -3.89. The van der Waals surface area contributed by atoms with E-state index in [2.05, 4.69) is 4.74 Å². The normalized spacial score (nSPS) is 10.7. The summed E-state index contributed by atoms with van der Waals surface area (Å²) in [4.78, 5) is 10.6. The van der Waals surface area contributed by atoms with Gasteiger partial charge in [-0.05, 0) is 0 Å². The topological polar surface area (TPSA) is 99.5 Å². The van der Waals surface area contributed by atoms with E-state index in [0.717, 1.165) is 11.4 Å². The second-order valence-electron chi connectivity index (χ2n) is 2.33. The van der Waals surface area contributed by atoms with Gasteiger partial charge in [-0.25, -0.2) is 9.52 Å². The van der Waals surface area contributed by atoms with Gasteiger partial charge in [0.25, 0.3) is 0 Å². The lowest BCUT2D eigenvalue weighted by Crippen LogP contribution is -2.41. The molecule has 0 unspecified atom stereocenters. The standard InChI is InChI=1S/C6H11N3O4S/c1-9(5-3-4-7)14(11,12)8-6(10)13-2/h3,5H2,1-2H3,(H,8,10). The number of hydrogen-bond acceptors (Lipinski definition) is 5. The number of amides is 1. The summed E-state index contributed by atoms with van der Waals surface area (Å²) in [5.41, 5.74) is 0. The second kappa shape index (κ2) is 5.41. The maximum Gasteiger partial charge on any atom is 0.421 e. The van der Waals surface area contributed by atoms with Crippen LogP contribution in [0.4, 0.5) is 4.79 Å². The van der Waals surface area contributed by atoms with Crippen LogP contribution in [0.1, 0.15) is 6.42 Å². The summed E-state index contributed by atoms with van der Waals surface area (Å²) in [6.45, 7) is 0.0167. The van der Waals surface area contributed by atoms with Crippen molar-refractivity contribution in [3.8, 4) is 6.07 Å². The molecular formula is C6H11N3O4S. The van der Waals surface area contributed by atoms with Gasteiger partial charge in [-0.15, -0.1) is 0 Å². The van der Waals surface area contributed by atoms with Crippen LogP contribution in [0.2, 0.25) is 0 Å². The predicted molar refractivity (Wildman–Crippen MR) is 47.3 cm³/mol. The average molecular weight is 221 g/mol. The number of nitrogens with zero attached hydrogens (tertiary/aromatic N) is 2. The van der Waals surface area contributed by atoms with Crippen LogP contribution in [0, 0.1) is 11.3 Å². The molecule has 0 rings (SSSR count). The SMILES string of the molecule is COC(=O)NS(=O)(=O)N(C)CCC#N. The van der Waals surface area contributed by atoms with Gasteiger partial charge in [0, 0.05) is 20.0 Å². The summed E-state index contributed by atoms with van der Waals surface area (Å²) in [6.07, 6.45) is -1.01. The summed E-state index contributed by atoms with van der Waals surface area (Å²) >= 11 is 0. The molecule has 7 nitrogen and oxygen atoms in total. The van der Waals surface area contributed by atoms with Crippen molar-refractivity contribution in [2.24, 2.45) is 0 Å². The second-order valence-corrected chi connectivity index (χ2v) is 4.11. The third-order valence-corrected chi connectivity index (χ3v) is 2.77. The van der Waals surface area contributed by atoms with E-state index in [9.17, 15) is 13.2 Å². The van der Waals surface area contributed by atoms with Crippen molar-refractivity contribution in [2.45, 2.75) is 6.42 Å². The molecule has 0 spiro atoms. The number of nitrogens with one attached hydrogen (secondary N) is 1. The van der Waals surface area contributed by atoms with Gasteiger partial charge in [0.1, 0.15) is 0 Å². The molecular weight excluding hydrogens is 210 g/mol. The summed E-state index contributed by atoms with van der Waals surface area (Å²) in [6, 6.07) is 1.79. The monoisotopic (exact) mass is 221 g/mol. The van der Waals surface area contributed by atoms with Crippen molar-refractivity contribution in [2.75, 3.05) is 20.7 Å². The first-order valence-electron chi connectivity index (χ1n) is 3.63. The van der Waals surface area contributed by atoms with Gasteiger partial charge < -0.3 is 4.74 Å². The van der Waals surface area contributed by atoms with Crippen molar-refractivity contribution in [3.63, 3.8) is 0 Å². The molecule has 0 fully saturated rings. The number of carbonyl (C=O) groups excluding carboxylic acids is 1. The Bertz CT molecular complexity index is 331. The molecule has 0 aromatic heterocycles. The van der Waals surface area contributed by atoms with Gasteiger partial charge in [0.15, 0.2) is 0 Å². The molecule has 0 aliphatic carbocycles. The Labute approximate surface area is 82.4 Å². The third kappa shape index (κ3) is 4.06. The van der Waals surface area contributed by atoms with Crippen LogP contribution in [0.25, 0.3) is 0 Å². The maximum atomic E-state index is 11.2. The fraction of sp³-hybridized carbons (Fsp3) is 0.667. The molecule has 0 saturated heterocycles. The lowest BCUT2D eigenvalue weighted by molar-refractivity contribution is 0.177. The summed E-state index contributed by atoms with van der Waals surface area (Å²) in [7, 11) is -1.58. The van der Waals surface area contributed by atoms with Crippen LogP contribution in [-0.4, -0.2) is 39.5 Å². The van der Waals surface area contributed by atoms with Gasteiger partial charge in [-0.1, -0.05) is 0 Å². The Morgan fingerprint density at radius 3 is 2.64 bits per heavy atom. The molecule has 1 amide bonds. The van der Waals surface area contributed by atoms with Crippen LogP contribution in [-0.2, 0) is 14.9 Å². The molecule has 0 saturated carbocycles. The highest BCUT2D eigenvalue weighted by Gasteiger charge is 2.19. The maximum absolute atomic E-state index is 11.2. The largest absolute Gasteiger partial charge is 0.452 e. The number of rotatable bonds is 4. The minimum absolute atomic E-state index is 0.0167. The van der Waals surface area contributed by atoms with Crippen LogP contribution in [0.15, 0.2) is 0 Å². The molecule has 0 aliphatic heterocycles. The molecule has 80 valence electrons. The van der Waals surface area contributed by atoms with Crippen LogP contribution in [0.5, 0.6) is 0 Å². The lowest BCUT2D eigenvalue weighted by Gasteiger charge is -2.14. The van der Waals surface area contributed by atoms with Crippen LogP contribution < -0.4 is 4.72 Å². The molecule has 0 bridgehead atoms. The van der Waals surface area contributed by atoms with Gasteiger partial charge >= 0.3 is 16.3 Å². The van der Waals surface area contributed by atoms with E-state index < -0.39 is 16.3 Å². The highest BCUT2D eigenvalue weighted by Crippen LogP contribution is 1.95. The molecule has 0 aromatic carbocycles. The molecule has 0 aromatic rings. The fourth-order valence-corrected chi connectivity index (χ4v) is 1.33. The summed E-state index contributed by atoms with van der Waals surface area (Å²) in [5.74, 6) is 0. The van der Waals surface area contributed by atoms with Gasteiger partial charge in [0.05, 0.1) is 13.2 Å². The van der Waals surface area contributed by atoms with Crippen molar-refractivity contribution >= 4 is 16.3 Å². The van der Waals surface area contributed by atoms with E-state index in [1.807, 2.05) is 0 Å². The molecule has 0 heterocycles. The minimum Gasteiger partial charge on any atom is -0.452 e.